The molecule has 2 amide bonds. The molecule has 0 aliphatic carbocycles. The van der Waals surface area contributed by atoms with E-state index in [1.807, 2.05) is 36.4 Å². The molecule has 0 fully saturated rings. The lowest BCUT2D eigenvalue weighted by molar-refractivity contribution is -0.118. The number of amidine groups is 1. The Kier molecular flexibility index (Phi) is 6.79. The van der Waals surface area contributed by atoms with Crippen molar-refractivity contribution in [2.75, 3.05) is 18.7 Å². The molecule has 9 heteroatoms. The molecule has 1 aliphatic rings. The first-order chi connectivity index (χ1) is 16.1. The van der Waals surface area contributed by atoms with Gasteiger partial charge in [-0.15, -0.1) is 0 Å². The highest BCUT2D eigenvalue weighted by Crippen LogP contribution is 2.28. The quantitative estimate of drug-likeness (QED) is 0.551. The van der Waals surface area contributed by atoms with Crippen LogP contribution in [0.25, 0.3) is 0 Å². The maximum atomic E-state index is 12.6. The number of nitrogens with zero attached hydrogens (tertiary/aromatic N) is 3. The molecule has 0 saturated carbocycles. The van der Waals surface area contributed by atoms with E-state index >= 15 is 0 Å². The van der Waals surface area contributed by atoms with E-state index in [4.69, 9.17) is 9.47 Å². The molecule has 1 aromatic heterocycles. The number of anilines is 1. The first-order valence-electron chi connectivity index (χ1n) is 10.3. The second-order valence-electron chi connectivity index (χ2n) is 7.16. The van der Waals surface area contributed by atoms with Gasteiger partial charge in [0, 0.05) is 24.5 Å². The summed E-state index contributed by atoms with van der Waals surface area (Å²) in [5.41, 5.74) is 5.19. The first kappa shape index (κ1) is 21.8. The second kappa shape index (κ2) is 10.3. The summed E-state index contributed by atoms with van der Waals surface area (Å²) in [5, 5.41) is 4.13. The standard InChI is InChI=1S/C24H23N5O4/c1-32-21-12-17(9-10-20(21)33-16-18-6-5-11-25-13-18)14-27-24(31)23-26-15-22(30)29(28-23)19-7-3-2-4-8-19/h2-13H,14-16H2,1H3,(H,26,28)(H,27,31). The zero-order chi connectivity index (χ0) is 23.0. The van der Waals surface area contributed by atoms with Crippen molar-refractivity contribution in [3.05, 3.63) is 84.2 Å². The maximum absolute atomic E-state index is 12.6. The van der Waals surface area contributed by atoms with Crippen LogP contribution in [-0.4, -0.2) is 36.3 Å². The minimum absolute atomic E-state index is 0.0712. The largest absolute Gasteiger partial charge is 0.493 e. The van der Waals surface area contributed by atoms with E-state index in [1.165, 1.54) is 5.01 Å². The summed E-state index contributed by atoms with van der Waals surface area (Å²) < 4.78 is 11.3. The van der Waals surface area contributed by atoms with E-state index in [-0.39, 0.29) is 24.8 Å². The van der Waals surface area contributed by atoms with E-state index in [9.17, 15) is 9.59 Å². The number of hydrogen-bond acceptors (Lipinski definition) is 7. The minimum Gasteiger partial charge on any atom is -0.493 e. The van der Waals surface area contributed by atoms with E-state index in [0.29, 0.717) is 23.8 Å². The summed E-state index contributed by atoms with van der Waals surface area (Å²) >= 11 is 0. The van der Waals surface area contributed by atoms with Crippen molar-refractivity contribution in [1.82, 2.24) is 15.7 Å². The topological polar surface area (TPSA) is 105 Å². The molecule has 0 saturated heterocycles. The fourth-order valence-corrected chi connectivity index (χ4v) is 3.18. The van der Waals surface area contributed by atoms with Crippen LogP contribution in [0, 0.1) is 0 Å². The molecule has 2 N–H and O–H groups in total. The van der Waals surface area contributed by atoms with Gasteiger partial charge in [0.25, 0.3) is 11.8 Å². The number of aromatic nitrogens is 1. The van der Waals surface area contributed by atoms with Crippen molar-refractivity contribution in [3.63, 3.8) is 0 Å². The third kappa shape index (κ3) is 5.45. The van der Waals surface area contributed by atoms with Crippen LogP contribution in [0.1, 0.15) is 11.1 Å². The number of amides is 2. The monoisotopic (exact) mass is 445 g/mol. The predicted octanol–water partition coefficient (Wildman–Crippen LogP) is 2.24. The van der Waals surface area contributed by atoms with Gasteiger partial charge in [-0.2, -0.15) is 0 Å². The van der Waals surface area contributed by atoms with Crippen molar-refractivity contribution in [2.45, 2.75) is 13.2 Å². The van der Waals surface area contributed by atoms with Crippen LogP contribution >= 0.6 is 0 Å². The summed E-state index contributed by atoms with van der Waals surface area (Å²) in [6.07, 6.45) is 3.45. The van der Waals surface area contributed by atoms with Gasteiger partial charge in [0.2, 0.25) is 5.84 Å². The molecule has 2 heterocycles. The zero-order valence-corrected chi connectivity index (χ0v) is 18.0. The number of hydrogen-bond donors (Lipinski definition) is 2. The number of ether oxygens (including phenoxy) is 2. The van der Waals surface area contributed by atoms with Gasteiger partial charge in [0.05, 0.1) is 12.8 Å². The number of benzene rings is 2. The Morgan fingerprint density at radius 3 is 2.70 bits per heavy atom. The Labute approximate surface area is 191 Å². The highest BCUT2D eigenvalue weighted by molar-refractivity contribution is 6.39. The fourth-order valence-electron chi connectivity index (χ4n) is 3.18. The van der Waals surface area contributed by atoms with Gasteiger partial charge in [-0.1, -0.05) is 30.3 Å². The number of carbonyl (C=O) groups excluding carboxylic acids is 2. The molecule has 1 aliphatic heterocycles. The summed E-state index contributed by atoms with van der Waals surface area (Å²) in [5.74, 6) is 0.553. The number of hydrazine groups is 1. The van der Waals surface area contributed by atoms with E-state index < -0.39 is 5.91 Å². The van der Waals surface area contributed by atoms with E-state index in [2.05, 4.69) is 20.7 Å². The Bertz CT molecular complexity index is 1150. The lowest BCUT2D eigenvalue weighted by atomic mass is 10.2. The maximum Gasteiger partial charge on any atom is 0.288 e. The van der Waals surface area contributed by atoms with Crippen LogP contribution in [0.4, 0.5) is 5.69 Å². The molecule has 0 bridgehead atoms. The van der Waals surface area contributed by atoms with Crippen LogP contribution in [0.15, 0.2) is 78.0 Å². The first-order valence-corrected chi connectivity index (χ1v) is 10.3. The summed E-state index contributed by atoms with van der Waals surface area (Å²) in [6.45, 7) is 0.502. The number of carbonyl (C=O) groups is 2. The summed E-state index contributed by atoms with van der Waals surface area (Å²) in [4.78, 5) is 32.9. The SMILES string of the molecule is COc1cc(CNC(=O)C2=NCC(=O)N(c3ccccc3)N2)ccc1OCc1cccnc1. The van der Waals surface area contributed by atoms with Gasteiger partial charge in [0.15, 0.2) is 11.5 Å². The Morgan fingerprint density at radius 1 is 1.09 bits per heavy atom. The number of nitrogens with one attached hydrogen (secondary N) is 2. The van der Waals surface area contributed by atoms with Crippen molar-refractivity contribution >= 4 is 23.3 Å². The lowest BCUT2D eigenvalue weighted by Gasteiger charge is -2.27. The average Bonchev–Trinajstić information content (AvgIpc) is 2.87. The molecule has 9 nitrogen and oxygen atoms in total. The van der Waals surface area contributed by atoms with Gasteiger partial charge < -0.3 is 14.8 Å². The molecule has 0 unspecified atom stereocenters. The van der Waals surface area contributed by atoms with E-state index in [0.717, 1.165) is 11.1 Å². The normalized spacial score (nSPS) is 13.1. The van der Waals surface area contributed by atoms with Crippen LogP contribution in [0.5, 0.6) is 11.5 Å². The Hall–Kier alpha value is -4.40. The van der Waals surface area contributed by atoms with Gasteiger partial charge in [-0.25, -0.2) is 5.01 Å². The molecule has 0 radical (unpaired) electrons. The fraction of sp³-hybridized carbons (Fsp3) is 0.167. The summed E-state index contributed by atoms with van der Waals surface area (Å²) in [6, 6.07) is 18.2. The molecular weight excluding hydrogens is 422 g/mol. The van der Waals surface area contributed by atoms with Crippen molar-refractivity contribution in [1.29, 1.82) is 0 Å². The zero-order valence-electron chi connectivity index (χ0n) is 18.0. The number of para-hydroxylation sites is 1. The molecule has 2 aromatic carbocycles. The van der Waals surface area contributed by atoms with Crippen molar-refractivity contribution < 1.29 is 19.1 Å². The summed E-state index contributed by atoms with van der Waals surface area (Å²) in [7, 11) is 1.56. The van der Waals surface area contributed by atoms with Gasteiger partial charge in [-0.05, 0) is 35.9 Å². The number of aliphatic imine (C=N–C) groups is 1. The van der Waals surface area contributed by atoms with Crippen LogP contribution in [0.3, 0.4) is 0 Å². The van der Waals surface area contributed by atoms with E-state index in [1.54, 1.807) is 43.8 Å². The Morgan fingerprint density at radius 2 is 1.94 bits per heavy atom. The molecular formula is C24H23N5O4. The number of methoxy groups -OCH3 is 1. The van der Waals surface area contributed by atoms with Gasteiger partial charge >= 0.3 is 0 Å². The second-order valence-corrected chi connectivity index (χ2v) is 7.16. The van der Waals surface area contributed by atoms with Crippen molar-refractivity contribution in [2.24, 2.45) is 4.99 Å². The van der Waals surface area contributed by atoms with Gasteiger partial charge in [0.1, 0.15) is 13.2 Å². The third-order valence-electron chi connectivity index (χ3n) is 4.87. The molecule has 0 atom stereocenters. The predicted molar refractivity (Wildman–Crippen MR) is 123 cm³/mol. The molecule has 4 rings (SSSR count). The molecule has 3 aromatic rings. The number of pyridine rings is 1. The van der Waals surface area contributed by atoms with Crippen LogP contribution in [-0.2, 0) is 22.7 Å². The smallest absolute Gasteiger partial charge is 0.288 e. The average molecular weight is 445 g/mol. The highest BCUT2D eigenvalue weighted by Gasteiger charge is 2.25. The number of rotatable bonds is 8. The molecule has 168 valence electrons. The van der Waals surface area contributed by atoms with Gasteiger partial charge in [-0.3, -0.25) is 25.0 Å². The lowest BCUT2D eigenvalue weighted by Crippen LogP contribution is -2.55. The van der Waals surface area contributed by atoms with Crippen LogP contribution in [0.2, 0.25) is 0 Å². The Balaban J connectivity index is 1.36. The molecule has 0 spiro atoms. The van der Waals surface area contributed by atoms with Crippen LogP contribution < -0.4 is 25.2 Å². The molecule has 33 heavy (non-hydrogen) atoms. The van der Waals surface area contributed by atoms with Crippen molar-refractivity contribution in [3.8, 4) is 11.5 Å². The highest BCUT2D eigenvalue weighted by atomic mass is 16.5. The third-order valence-corrected chi connectivity index (χ3v) is 4.87. The minimum atomic E-state index is -0.417.